The van der Waals surface area contributed by atoms with Crippen LogP contribution in [0.25, 0.3) is 0 Å². The van der Waals surface area contributed by atoms with Crippen molar-refractivity contribution >= 4 is 34.7 Å². The lowest BCUT2D eigenvalue weighted by molar-refractivity contribution is -0.141. The lowest BCUT2D eigenvalue weighted by Gasteiger charge is -2.40. The van der Waals surface area contributed by atoms with Gasteiger partial charge in [0.25, 0.3) is 0 Å². The van der Waals surface area contributed by atoms with E-state index in [-0.39, 0.29) is 6.42 Å². The van der Waals surface area contributed by atoms with E-state index in [0.717, 1.165) is 43.6 Å². The molecule has 2 aromatic rings. The van der Waals surface area contributed by atoms with Crippen molar-refractivity contribution in [2.45, 2.75) is 44.8 Å². The molecule has 0 spiro atoms. The zero-order chi connectivity index (χ0) is 27.9. The summed E-state index contributed by atoms with van der Waals surface area (Å²) in [6.07, 6.45) is 0.0823. The van der Waals surface area contributed by atoms with Gasteiger partial charge in [-0.05, 0) is 54.7 Å². The molecular weight excluding hydrogens is 533 g/mol. The van der Waals surface area contributed by atoms with E-state index in [1.165, 1.54) is 19.0 Å². The number of pyridine rings is 1. The highest BCUT2D eigenvalue weighted by atomic mass is 35.5. The third-order valence-electron chi connectivity index (χ3n) is 8.49. The molecule has 0 amide bonds. The van der Waals surface area contributed by atoms with Gasteiger partial charge in [-0.2, -0.15) is 18.3 Å². The van der Waals surface area contributed by atoms with Crippen LogP contribution in [0.4, 0.5) is 24.5 Å². The summed E-state index contributed by atoms with van der Waals surface area (Å²) < 4.78 is 50.8. The van der Waals surface area contributed by atoms with Crippen LogP contribution in [0.2, 0.25) is 5.02 Å². The number of halogens is 4. The number of hydrogen-bond acceptors (Lipinski definition) is 7. The van der Waals surface area contributed by atoms with Gasteiger partial charge in [0, 0.05) is 25.1 Å². The van der Waals surface area contributed by atoms with Crippen molar-refractivity contribution in [3.8, 4) is 5.88 Å². The minimum Gasteiger partial charge on any atom is -0.481 e. The molecule has 2 aliphatic heterocycles. The Balaban J connectivity index is 1.30. The van der Waals surface area contributed by atoms with E-state index in [1.807, 2.05) is 18.2 Å². The topological polar surface area (TPSA) is 67.3 Å². The number of ether oxygens (including phenoxy) is 2. The van der Waals surface area contributed by atoms with Gasteiger partial charge in [0.15, 0.2) is 0 Å². The maximum absolute atomic E-state index is 13.6. The molecule has 1 saturated carbocycles. The van der Waals surface area contributed by atoms with E-state index < -0.39 is 29.8 Å². The molecule has 0 unspecified atom stereocenters. The Kier molecular flexibility index (Phi) is 7.68. The molecule has 1 aliphatic carbocycles. The maximum atomic E-state index is 13.6. The van der Waals surface area contributed by atoms with Crippen molar-refractivity contribution in [1.82, 2.24) is 4.98 Å². The maximum Gasteiger partial charge on any atom is 0.431 e. The average molecular weight is 565 g/mol. The number of benzene rings is 1. The van der Waals surface area contributed by atoms with Gasteiger partial charge in [0.2, 0.25) is 5.88 Å². The van der Waals surface area contributed by atoms with E-state index in [2.05, 4.69) is 15.0 Å². The van der Waals surface area contributed by atoms with Crippen molar-refractivity contribution in [3.05, 3.63) is 47.1 Å². The molecule has 4 atom stereocenters. The summed E-state index contributed by atoms with van der Waals surface area (Å²) in [5.41, 5.74) is 1.73. The smallest absolute Gasteiger partial charge is 0.431 e. The van der Waals surface area contributed by atoms with Crippen molar-refractivity contribution in [2.24, 2.45) is 28.8 Å². The molecule has 5 rings (SSSR count). The number of piperidine rings is 1. The molecule has 2 fully saturated rings. The summed E-state index contributed by atoms with van der Waals surface area (Å²) in [7, 11) is 2.82. The van der Waals surface area contributed by atoms with Gasteiger partial charge in [-0.1, -0.05) is 30.7 Å². The number of carbonyl (C=O) groups is 1. The van der Waals surface area contributed by atoms with Gasteiger partial charge in [-0.3, -0.25) is 9.80 Å². The summed E-state index contributed by atoms with van der Waals surface area (Å²) in [6.45, 7) is 3.26. The number of hydrazone groups is 1. The first kappa shape index (κ1) is 27.6. The van der Waals surface area contributed by atoms with E-state index in [0.29, 0.717) is 34.3 Å². The molecule has 1 saturated heterocycles. The second-order valence-electron chi connectivity index (χ2n) is 10.7. The van der Waals surface area contributed by atoms with Gasteiger partial charge >= 0.3 is 12.1 Å². The number of esters is 1. The van der Waals surface area contributed by atoms with Crippen LogP contribution in [0.5, 0.6) is 5.88 Å². The number of aromatic nitrogens is 1. The van der Waals surface area contributed by atoms with Crippen LogP contribution in [0, 0.1) is 23.7 Å². The van der Waals surface area contributed by atoms with Gasteiger partial charge in [0.1, 0.15) is 5.71 Å². The quantitative estimate of drug-likeness (QED) is 0.399. The Morgan fingerprint density at radius 3 is 2.38 bits per heavy atom. The summed E-state index contributed by atoms with van der Waals surface area (Å²) in [6, 6.07) is 8.66. The van der Waals surface area contributed by atoms with Crippen LogP contribution >= 0.6 is 11.6 Å². The van der Waals surface area contributed by atoms with Gasteiger partial charge < -0.3 is 14.4 Å². The zero-order valence-electron chi connectivity index (χ0n) is 22.1. The number of hydrogen-bond donors (Lipinski definition) is 0. The molecule has 3 aliphatic rings. The predicted molar refractivity (Wildman–Crippen MR) is 143 cm³/mol. The van der Waals surface area contributed by atoms with Crippen LogP contribution in [0.3, 0.4) is 0 Å². The Morgan fingerprint density at radius 1 is 1.13 bits per heavy atom. The Morgan fingerprint density at radius 2 is 1.79 bits per heavy atom. The van der Waals surface area contributed by atoms with Crippen LogP contribution in [0.15, 0.2) is 41.6 Å². The first-order valence-electron chi connectivity index (χ1n) is 13.1. The molecule has 11 heteroatoms. The third kappa shape index (κ3) is 5.53. The summed E-state index contributed by atoms with van der Waals surface area (Å²) >= 11 is 6.47. The van der Waals surface area contributed by atoms with E-state index >= 15 is 0 Å². The summed E-state index contributed by atoms with van der Waals surface area (Å²) in [4.78, 5) is 18.5. The monoisotopic (exact) mass is 564 g/mol. The second kappa shape index (κ2) is 10.9. The van der Waals surface area contributed by atoms with E-state index in [4.69, 9.17) is 21.1 Å². The number of rotatable bonds is 7. The molecule has 1 aromatic heterocycles. The summed E-state index contributed by atoms with van der Waals surface area (Å²) in [5.74, 6) is 0.557. The molecule has 39 heavy (non-hydrogen) atoms. The largest absolute Gasteiger partial charge is 0.481 e. The van der Waals surface area contributed by atoms with Gasteiger partial charge in [-0.25, -0.2) is 4.98 Å². The minimum absolute atomic E-state index is 0.183. The highest BCUT2D eigenvalue weighted by Crippen LogP contribution is 2.46. The summed E-state index contributed by atoms with van der Waals surface area (Å²) in [5, 5.41) is 5.84. The molecular formula is C28H32ClF3N4O3. The Hall–Kier alpha value is -3.01. The normalized spacial score (nSPS) is 26.5. The van der Waals surface area contributed by atoms with Crippen molar-refractivity contribution in [2.75, 3.05) is 37.2 Å². The highest BCUT2D eigenvalue weighted by Gasteiger charge is 2.49. The van der Waals surface area contributed by atoms with Crippen LogP contribution in [-0.2, 0) is 16.0 Å². The first-order valence-corrected chi connectivity index (χ1v) is 13.5. The fraction of sp³-hybridized carbons (Fsp3) is 0.536. The first-order chi connectivity index (χ1) is 18.6. The van der Waals surface area contributed by atoms with Crippen LogP contribution in [-0.4, -0.2) is 56.2 Å². The SMILES string of the molecule is COC(=O)C[C@H]1[C@H](C)C(C(F)(F)F)=NN1c1ccc(CC2[C@@H]3CC[C@@H]2CN(c2cc(OC)ncc2Cl)C3)cc1. The van der Waals surface area contributed by atoms with Crippen molar-refractivity contribution in [1.29, 1.82) is 0 Å². The number of carbonyl (C=O) groups excluding carboxylic acids is 1. The Bertz CT molecular complexity index is 1230. The van der Waals surface area contributed by atoms with Gasteiger partial charge in [0.05, 0.1) is 49.3 Å². The minimum atomic E-state index is -4.57. The molecule has 3 heterocycles. The number of fused-ring (bicyclic) bond motifs is 2. The predicted octanol–water partition coefficient (Wildman–Crippen LogP) is 5.75. The number of anilines is 2. The zero-order valence-corrected chi connectivity index (χ0v) is 22.9. The van der Waals surface area contributed by atoms with Crippen LogP contribution in [0.1, 0.15) is 31.7 Å². The number of nitrogens with zero attached hydrogens (tertiary/aromatic N) is 4. The Labute approximate surface area is 230 Å². The van der Waals surface area contributed by atoms with E-state index in [9.17, 15) is 18.0 Å². The number of alkyl halides is 3. The van der Waals surface area contributed by atoms with Crippen molar-refractivity contribution < 1.29 is 27.4 Å². The van der Waals surface area contributed by atoms with Crippen molar-refractivity contribution in [3.63, 3.8) is 0 Å². The molecule has 2 bridgehead atoms. The highest BCUT2D eigenvalue weighted by molar-refractivity contribution is 6.33. The molecule has 0 radical (unpaired) electrons. The van der Waals surface area contributed by atoms with Gasteiger partial charge in [-0.15, -0.1) is 0 Å². The standard InChI is InChI=1S/C28H32ClF3N4O3/c1-16-23(12-26(37)39-3)36(34-27(16)28(30,31)32)20-8-4-17(5-9-20)10-21-18-6-7-19(21)15-35(14-18)24-11-25(38-2)33-13-22(24)29/h4-5,8-9,11,13,16,18-19,21,23H,6-7,10,12,14-15H2,1-3H3/t16-,18+,19+,23-/m0/s1. The molecule has 0 N–H and O–H groups in total. The third-order valence-corrected chi connectivity index (χ3v) is 8.78. The van der Waals surface area contributed by atoms with E-state index in [1.54, 1.807) is 25.4 Å². The lowest BCUT2D eigenvalue weighted by atomic mass is 9.80. The lowest BCUT2D eigenvalue weighted by Crippen LogP contribution is -2.42. The number of methoxy groups -OCH3 is 2. The van der Waals surface area contributed by atoms with Crippen LogP contribution < -0.4 is 14.6 Å². The fourth-order valence-electron chi connectivity index (χ4n) is 6.44. The molecule has 1 aromatic carbocycles. The fourth-order valence-corrected chi connectivity index (χ4v) is 6.67. The molecule has 7 nitrogen and oxygen atoms in total. The second-order valence-corrected chi connectivity index (χ2v) is 11.1. The molecule has 210 valence electrons. The average Bonchev–Trinajstić information content (AvgIpc) is 3.35.